The van der Waals surface area contributed by atoms with Crippen LogP contribution >= 0.6 is 0 Å². The lowest BCUT2D eigenvalue weighted by Crippen LogP contribution is -2.56. The summed E-state index contributed by atoms with van der Waals surface area (Å²) in [4.78, 5) is 4.99. The van der Waals surface area contributed by atoms with Crippen molar-refractivity contribution in [3.05, 3.63) is 35.9 Å². The summed E-state index contributed by atoms with van der Waals surface area (Å²) < 4.78 is 0. The largest absolute Gasteiger partial charge is 0.387 e. The Balaban J connectivity index is 2.00. The molecule has 0 radical (unpaired) electrons. The molecule has 0 aromatic heterocycles. The van der Waals surface area contributed by atoms with Gasteiger partial charge in [-0.25, -0.2) is 0 Å². The first kappa shape index (κ1) is 16.5. The second-order valence-corrected chi connectivity index (χ2v) is 7.02. The Hall–Kier alpha value is -0.900. The van der Waals surface area contributed by atoms with Gasteiger partial charge in [0.25, 0.3) is 0 Å². The Kier molecular flexibility index (Phi) is 5.42. The minimum atomic E-state index is -0.391. The molecule has 2 rings (SSSR count). The van der Waals surface area contributed by atoms with Crippen molar-refractivity contribution in [2.75, 3.05) is 26.2 Å². The van der Waals surface area contributed by atoms with Crippen LogP contribution in [0.2, 0.25) is 0 Å². The standard InChI is InChI=1S/C18H30N2O/c1-5-16(17(21)15-9-7-6-8-10-15)19-11-13-20(14-12-19)18(2,3)4/h6-10,16-17,21H,5,11-14H2,1-4H3. The first-order valence-electron chi connectivity index (χ1n) is 8.15. The number of hydrogen-bond donors (Lipinski definition) is 1. The fraction of sp³-hybridized carbons (Fsp3) is 0.667. The summed E-state index contributed by atoms with van der Waals surface area (Å²) in [5.74, 6) is 0. The molecule has 1 fully saturated rings. The van der Waals surface area contributed by atoms with Crippen LogP contribution in [0, 0.1) is 0 Å². The Morgan fingerprint density at radius 3 is 2.10 bits per heavy atom. The van der Waals surface area contributed by atoms with Crippen LogP contribution in [0.5, 0.6) is 0 Å². The van der Waals surface area contributed by atoms with E-state index in [9.17, 15) is 5.11 Å². The highest BCUT2D eigenvalue weighted by atomic mass is 16.3. The van der Waals surface area contributed by atoms with Crippen molar-refractivity contribution in [1.29, 1.82) is 0 Å². The maximum atomic E-state index is 10.7. The van der Waals surface area contributed by atoms with E-state index in [0.717, 1.165) is 38.2 Å². The molecule has 1 saturated heterocycles. The molecule has 3 heteroatoms. The third-order valence-electron chi connectivity index (χ3n) is 4.66. The van der Waals surface area contributed by atoms with Gasteiger partial charge in [0.1, 0.15) is 0 Å². The van der Waals surface area contributed by atoms with E-state index in [1.165, 1.54) is 0 Å². The minimum absolute atomic E-state index is 0.217. The molecule has 1 heterocycles. The highest BCUT2D eigenvalue weighted by Gasteiger charge is 2.31. The number of aliphatic hydroxyl groups excluding tert-OH is 1. The van der Waals surface area contributed by atoms with Gasteiger partial charge in [-0.15, -0.1) is 0 Å². The van der Waals surface area contributed by atoms with Crippen LogP contribution in [0.15, 0.2) is 30.3 Å². The quantitative estimate of drug-likeness (QED) is 0.923. The summed E-state index contributed by atoms with van der Waals surface area (Å²) in [6.07, 6.45) is 0.586. The third kappa shape index (κ3) is 4.06. The Morgan fingerprint density at radius 1 is 1.05 bits per heavy atom. The molecular weight excluding hydrogens is 260 g/mol. The average molecular weight is 290 g/mol. The topological polar surface area (TPSA) is 26.7 Å². The van der Waals surface area contributed by atoms with Crippen LogP contribution in [0.1, 0.15) is 45.8 Å². The SMILES string of the molecule is CCC(C(O)c1ccccc1)N1CCN(C(C)(C)C)CC1. The smallest absolute Gasteiger partial charge is 0.0945 e. The predicted octanol–water partition coefficient (Wildman–Crippen LogP) is 2.91. The van der Waals surface area contributed by atoms with Crippen molar-refractivity contribution < 1.29 is 5.11 Å². The predicted molar refractivity (Wildman–Crippen MR) is 88.4 cm³/mol. The molecule has 2 atom stereocenters. The minimum Gasteiger partial charge on any atom is -0.387 e. The van der Waals surface area contributed by atoms with Crippen molar-refractivity contribution in [3.63, 3.8) is 0 Å². The summed E-state index contributed by atoms with van der Waals surface area (Å²) in [5, 5.41) is 10.7. The van der Waals surface area contributed by atoms with Gasteiger partial charge in [0.05, 0.1) is 6.10 Å². The number of rotatable bonds is 4. The van der Waals surface area contributed by atoms with Gasteiger partial charge in [0, 0.05) is 37.8 Å². The Labute approximate surface area is 129 Å². The lowest BCUT2D eigenvalue weighted by atomic mass is 9.97. The Bertz CT molecular complexity index is 419. The zero-order valence-electron chi connectivity index (χ0n) is 13.9. The van der Waals surface area contributed by atoms with Gasteiger partial charge in [0.2, 0.25) is 0 Å². The van der Waals surface area contributed by atoms with E-state index in [0.29, 0.717) is 0 Å². The van der Waals surface area contributed by atoms with Crippen molar-refractivity contribution in [2.24, 2.45) is 0 Å². The summed E-state index contributed by atoms with van der Waals surface area (Å²) in [7, 11) is 0. The molecule has 2 unspecified atom stereocenters. The number of benzene rings is 1. The monoisotopic (exact) mass is 290 g/mol. The maximum absolute atomic E-state index is 10.7. The normalized spacial score (nSPS) is 21.2. The molecule has 118 valence electrons. The second-order valence-electron chi connectivity index (χ2n) is 7.02. The van der Waals surface area contributed by atoms with Gasteiger partial charge in [0.15, 0.2) is 0 Å². The first-order chi connectivity index (χ1) is 9.93. The van der Waals surface area contributed by atoms with E-state index in [1.807, 2.05) is 30.3 Å². The fourth-order valence-electron chi connectivity index (χ4n) is 3.28. The molecule has 0 bridgehead atoms. The van der Waals surface area contributed by atoms with Crippen LogP contribution < -0.4 is 0 Å². The Morgan fingerprint density at radius 2 is 1.62 bits per heavy atom. The molecule has 0 amide bonds. The average Bonchev–Trinajstić information content (AvgIpc) is 2.48. The summed E-state index contributed by atoms with van der Waals surface area (Å²) in [6, 6.07) is 10.3. The number of piperazine rings is 1. The highest BCUT2D eigenvalue weighted by Crippen LogP contribution is 2.25. The highest BCUT2D eigenvalue weighted by molar-refractivity contribution is 5.19. The van der Waals surface area contributed by atoms with Gasteiger partial charge < -0.3 is 5.11 Å². The van der Waals surface area contributed by atoms with Gasteiger partial charge in [-0.2, -0.15) is 0 Å². The molecule has 21 heavy (non-hydrogen) atoms. The van der Waals surface area contributed by atoms with E-state index < -0.39 is 6.10 Å². The summed E-state index contributed by atoms with van der Waals surface area (Å²) in [5.41, 5.74) is 1.27. The molecule has 0 aliphatic carbocycles. The molecule has 3 nitrogen and oxygen atoms in total. The molecular formula is C18H30N2O. The van der Waals surface area contributed by atoms with Gasteiger partial charge in [-0.05, 0) is 32.8 Å². The van der Waals surface area contributed by atoms with Gasteiger partial charge in [-0.3, -0.25) is 9.80 Å². The summed E-state index contributed by atoms with van der Waals surface area (Å²) >= 11 is 0. The molecule has 1 aromatic carbocycles. The summed E-state index contributed by atoms with van der Waals surface area (Å²) in [6.45, 7) is 13.3. The maximum Gasteiger partial charge on any atom is 0.0945 e. The van der Waals surface area contributed by atoms with Crippen LogP contribution in [0.4, 0.5) is 0 Å². The molecule has 0 saturated carbocycles. The number of aliphatic hydroxyl groups is 1. The van der Waals surface area contributed by atoms with Crippen LogP contribution in [0.3, 0.4) is 0 Å². The third-order valence-corrected chi connectivity index (χ3v) is 4.66. The van der Waals surface area contributed by atoms with E-state index in [-0.39, 0.29) is 11.6 Å². The molecule has 0 spiro atoms. The van der Waals surface area contributed by atoms with Crippen molar-refractivity contribution in [1.82, 2.24) is 9.80 Å². The zero-order chi connectivity index (χ0) is 15.5. The molecule has 1 aromatic rings. The molecule has 1 aliphatic rings. The molecule has 1 aliphatic heterocycles. The lowest BCUT2D eigenvalue weighted by Gasteiger charge is -2.45. The molecule has 1 N–H and O–H groups in total. The van der Waals surface area contributed by atoms with Gasteiger partial charge >= 0.3 is 0 Å². The van der Waals surface area contributed by atoms with E-state index >= 15 is 0 Å². The van der Waals surface area contributed by atoms with Gasteiger partial charge in [-0.1, -0.05) is 37.3 Å². The van der Waals surface area contributed by atoms with Crippen molar-refractivity contribution in [2.45, 2.75) is 51.8 Å². The lowest BCUT2D eigenvalue weighted by molar-refractivity contribution is -0.00482. The van der Waals surface area contributed by atoms with E-state index in [4.69, 9.17) is 0 Å². The van der Waals surface area contributed by atoms with Crippen LogP contribution in [-0.2, 0) is 0 Å². The van der Waals surface area contributed by atoms with E-state index in [2.05, 4.69) is 37.5 Å². The van der Waals surface area contributed by atoms with Crippen LogP contribution in [-0.4, -0.2) is 52.7 Å². The second kappa shape index (κ2) is 6.91. The fourth-order valence-corrected chi connectivity index (χ4v) is 3.28. The van der Waals surface area contributed by atoms with E-state index in [1.54, 1.807) is 0 Å². The zero-order valence-corrected chi connectivity index (χ0v) is 13.9. The number of nitrogens with zero attached hydrogens (tertiary/aromatic N) is 2. The van der Waals surface area contributed by atoms with Crippen LogP contribution in [0.25, 0.3) is 0 Å². The van der Waals surface area contributed by atoms with Crippen molar-refractivity contribution in [3.8, 4) is 0 Å². The van der Waals surface area contributed by atoms with Crippen molar-refractivity contribution >= 4 is 0 Å². The first-order valence-corrected chi connectivity index (χ1v) is 8.15. The number of hydrogen-bond acceptors (Lipinski definition) is 3.